The van der Waals surface area contributed by atoms with E-state index in [1.54, 1.807) is 6.20 Å². The molecule has 0 radical (unpaired) electrons. The molecule has 2 aromatic rings. The van der Waals surface area contributed by atoms with Crippen molar-refractivity contribution in [1.82, 2.24) is 14.5 Å². The molecule has 0 unspecified atom stereocenters. The third kappa shape index (κ3) is 1.50. The lowest BCUT2D eigenvalue weighted by atomic mass is 10.4. The molecule has 0 aliphatic heterocycles. The zero-order valence-electron chi connectivity index (χ0n) is 7.91. The van der Waals surface area contributed by atoms with Gasteiger partial charge < -0.3 is 4.98 Å². The summed E-state index contributed by atoms with van der Waals surface area (Å²) in [5.41, 5.74) is 1.88. The Balaban J connectivity index is 2.84. The minimum Gasteiger partial charge on any atom is -0.329 e. The molecule has 2 rings (SSSR count). The average Bonchev–Trinajstić information content (AvgIpc) is 2.39. The first-order valence-corrected chi connectivity index (χ1v) is 5.55. The lowest BCUT2D eigenvalue weighted by Gasteiger charge is -2.06. The molecule has 0 fully saturated rings. The Morgan fingerprint density at radius 3 is 2.93 bits per heavy atom. The van der Waals surface area contributed by atoms with Crippen LogP contribution < -0.4 is 0 Å². The molecule has 3 nitrogen and oxygen atoms in total. The number of rotatable bonds is 1. The van der Waals surface area contributed by atoms with Crippen LogP contribution in [0.5, 0.6) is 0 Å². The predicted molar refractivity (Wildman–Crippen MR) is 63.0 cm³/mol. The molecule has 0 aliphatic carbocycles. The number of aromatic nitrogens is 3. The van der Waals surface area contributed by atoms with Crippen LogP contribution in [0.15, 0.2) is 16.7 Å². The lowest BCUT2D eigenvalue weighted by Crippen LogP contribution is -2.01. The van der Waals surface area contributed by atoms with E-state index in [-0.39, 0.29) is 0 Å². The van der Waals surface area contributed by atoms with Crippen molar-refractivity contribution < 1.29 is 0 Å². The fraction of sp³-hybridized carbons (Fsp3) is 0.333. The van der Waals surface area contributed by atoms with Gasteiger partial charge in [0, 0.05) is 16.7 Å². The highest BCUT2D eigenvalue weighted by Gasteiger charge is 2.08. The maximum Gasteiger partial charge on any atom is 0.179 e. The topological polar surface area (TPSA) is 33.6 Å². The third-order valence-electron chi connectivity index (χ3n) is 2.04. The zero-order chi connectivity index (χ0) is 10.3. The molecule has 0 amide bonds. The summed E-state index contributed by atoms with van der Waals surface area (Å²) < 4.78 is 3.69. The fourth-order valence-electron chi connectivity index (χ4n) is 1.47. The van der Waals surface area contributed by atoms with E-state index in [1.807, 2.05) is 10.6 Å². The van der Waals surface area contributed by atoms with E-state index in [0.717, 1.165) is 20.4 Å². The number of H-pyrrole nitrogens is 1. The van der Waals surface area contributed by atoms with Crippen molar-refractivity contribution in [2.75, 3.05) is 0 Å². The van der Waals surface area contributed by atoms with Gasteiger partial charge in [-0.05, 0) is 48.1 Å². The van der Waals surface area contributed by atoms with Crippen LogP contribution in [0.3, 0.4) is 0 Å². The molecule has 0 atom stereocenters. The van der Waals surface area contributed by atoms with E-state index < -0.39 is 0 Å². The molecule has 0 aliphatic rings. The van der Waals surface area contributed by atoms with E-state index in [9.17, 15) is 0 Å². The van der Waals surface area contributed by atoms with Crippen molar-refractivity contribution in [2.45, 2.75) is 19.9 Å². The van der Waals surface area contributed by atoms with Gasteiger partial charge in [-0.1, -0.05) is 0 Å². The predicted octanol–water partition coefficient (Wildman–Crippen LogP) is 3.44. The highest BCUT2D eigenvalue weighted by Crippen LogP contribution is 2.19. The Morgan fingerprint density at radius 1 is 1.57 bits per heavy atom. The average molecular weight is 272 g/mol. The summed E-state index contributed by atoms with van der Waals surface area (Å²) in [6.07, 6.45) is 1.78. The van der Waals surface area contributed by atoms with Crippen molar-refractivity contribution in [3.63, 3.8) is 0 Å². The number of nitrogens with zero attached hydrogens (tertiary/aromatic N) is 2. The van der Waals surface area contributed by atoms with Crippen LogP contribution in [0.25, 0.3) is 11.2 Å². The standard InChI is InChI=1S/C9H10BrN3S/c1-5(2)13-8-7(12-9(13)14)3-6(10)4-11-8/h3-5H,1-2H3,(H,12,14). The number of fused-ring (bicyclic) bond motifs is 1. The molecule has 0 bridgehead atoms. The minimum absolute atomic E-state index is 0.324. The first-order chi connectivity index (χ1) is 6.59. The van der Waals surface area contributed by atoms with Crippen molar-refractivity contribution >= 4 is 39.3 Å². The van der Waals surface area contributed by atoms with Crippen LogP contribution in [0.4, 0.5) is 0 Å². The molecule has 2 heterocycles. The van der Waals surface area contributed by atoms with Gasteiger partial charge in [-0.3, -0.25) is 4.57 Å². The molecule has 14 heavy (non-hydrogen) atoms. The summed E-state index contributed by atoms with van der Waals surface area (Å²) in [4.78, 5) is 7.48. The van der Waals surface area contributed by atoms with Gasteiger partial charge in [0.25, 0.3) is 0 Å². The van der Waals surface area contributed by atoms with Crippen LogP contribution >= 0.6 is 28.1 Å². The molecule has 0 saturated heterocycles. The van der Waals surface area contributed by atoms with Gasteiger partial charge in [-0.2, -0.15) is 0 Å². The Hall–Kier alpha value is -0.680. The Bertz CT molecular complexity index is 526. The monoisotopic (exact) mass is 271 g/mol. The molecule has 0 aromatic carbocycles. The van der Waals surface area contributed by atoms with Crippen molar-refractivity contribution in [3.05, 3.63) is 21.5 Å². The summed E-state index contributed by atoms with van der Waals surface area (Å²) in [5.74, 6) is 0. The van der Waals surface area contributed by atoms with Gasteiger partial charge in [0.15, 0.2) is 10.4 Å². The maximum atomic E-state index is 5.22. The number of imidazole rings is 1. The third-order valence-corrected chi connectivity index (χ3v) is 2.77. The lowest BCUT2D eigenvalue weighted by molar-refractivity contribution is 0.605. The van der Waals surface area contributed by atoms with Crippen molar-refractivity contribution in [3.8, 4) is 0 Å². The molecule has 1 N–H and O–H groups in total. The number of pyridine rings is 1. The molecule has 5 heteroatoms. The smallest absolute Gasteiger partial charge is 0.179 e. The highest BCUT2D eigenvalue weighted by atomic mass is 79.9. The minimum atomic E-state index is 0.324. The second-order valence-corrected chi connectivity index (χ2v) is 4.72. The molecular weight excluding hydrogens is 262 g/mol. The van der Waals surface area contributed by atoms with E-state index >= 15 is 0 Å². The molecule has 74 valence electrons. The van der Waals surface area contributed by atoms with E-state index in [1.165, 1.54) is 0 Å². The van der Waals surface area contributed by atoms with E-state index in [4.69, 9.17) is 12.2 Å². The number of aromatic amines is 1. The summed E-state index contributed by atoms with van der Waals surface area (Å²) in [5, 5.41) is 0. The van der Waals surface area contributed by atoms with Crippen LogP contribution in [-0.4, -0.2) is 14.5 Å². The van der Waals surface area contributed by atoms with E-state index in [2.05, 4.69) is 39.7 Å². The normalized spacial score (nSPS) is 11.4. The molecular formula is C9H10BrN3S. The van der Waals surface area contributed by atoms with Crippen molar-refractivity contribution in [1.29, 1.82) is 0 Å². The van der Waals surface area contributed by atoms with Crippen LogP contribution in [-0.2, 0) is 0 Å². The fourth-order valence-corrected chi connectivity index (χ4v) is 2.21. The second kappa shape index (κ2) is 3.47. The van der Waals surface area contributed by atoms with Gasteiger partial charge in [-0.25, -0.2) is 4.98 Å². The maximum absolute atomic E-state index is 5.22. The first kappa shape index (κ1) is 9.86. The van der Waals surface area contributed by atoms with E-state index in [0.29, 0.717) is 6.04 Å². The van der Waals surface area contributed by atoms with Gasteiger partial charge in [-0.15, -0.1) is 0 Å². The molecule has 0 spiro atoms. The number of hydrogen-bond acceptors (Lipinski definition) is 2. The SMILES string of the molecule is CC(C)n1c(=S)[nH]c2cc(Br)cnc21. The second-order valence-electron chi connectivity index (χ2n) is 3.42. The Morgan fingerprint density at radius 2 is 2.29 bits per heavy atom. The van der Waals surface area contributed by atoms with Crippen LogP contribution in [0, 0.1) is 4.77 Å². The largest absolute Gasteiger partial charge is 0.329 e. The highest BCUT2D eigenvalue weighted by molar-refractivity contribution is 9.10. The Labute approximate surface area is 95.3 Å². The first-order valence-electron chi connectivity index (χ1n) is 4.35. The van der Waals surface area contributed by atoms with Crippen LogP contribution in [0.2, 0.25) is 0 Å². The van der Waals surface area contributed by atoms with Gasteiger partial charge >= 0.3 is 0 Å². The Kier molecular flexibility index (Phi) is 2.45. The van der Waals surface area contributed by atoms with Gasteiger partial charge in [0.05, 0.1) is 5.52 Å². The summed E-state index contributed by atoms with van der Waals surface area (Å²) in [6, 6.07) is 2.31. The number of halogens is 1. The molecule has 0 saturated carbocycles. The molecule has 2 aromatic heterocycles. The zero-order valence-corrected chi connectivity index (χ0v) is 10.3. The number of hydrogen-bond donors (Lipinski definition) is 1. The summed E-state index contributed by atoms with van der Waals surface area (Å²) in [6.45, 7) is 4.18. The summed E-state index contributed by atoms with van der Waals surface area (Å²) >= 11 is 8.60. The van der Waals surface area contributed by atoms with Gasteiger partial charge in [0.2, 0.25) is 0 Å². The van der Waals surface area contributed by atoms with Crippen LogP contribution in [0.1, 0.15) is 19.9 Å². The quantitative estimate of drug-likeness (QED) is 0.807. The summed E-state index contributed by atoms with van der Waals surface area (Å²) in [7, 11) is 0. The van der Waals surface area contributed by atoms with Crippen molar-refractivity contribution in [2.24, 2.45) is 0 Å². The van der Waals surface area contributed by atoms with Gasteiger partial charge in [0.1, 0.15) is 0 Å². The number of nitrogens with one attached hydrogen (secondary N) is 1.